The Morgan fingerprint density at radius 2 is 1.87 bits per heavy atom. The number of carbonyl (C=O) groups is 2. The molecule has 1 aliphatic rings. The topological polar surface area (TPSA) is 68.7 Å². The summed E-state index contributed by atoms with van der Waals surface area (Å²) in [4.78, 5) is 31.1. The Balaban J connectivity index is 1.55. The van der Waals surface area contributed by atoms with Gasteiger partial charge in [-0.2, -0.15) is 0 Å². The van der Waals surface area contributed by atoms with E-state index in [2.05, 4.69) is 4.98 Å². The lowest BCUT2D eigenvalue weighted by atomic mass is 10.1. The molecular weight excluding hydrogens is 412 g/mol. The fourth-order valence-corrected chi connectivity index (χ4v) is 4.14. The van der Waals surface area contributed by atoms with E-state index in [-0.39, 0.29) is 11.7 Å². The SMILES string of the molecule is CC(=O)N(c1nc(C=CC(=O)c2ccc3c(c2)OCCO3)cs1)c1cccc(C)c1C. The molecule has 6 nitrogen and oxygen atoms in total. The van der Waals surface area contributed by atoms with E-state index in [1.54, 1.807) is 29.2 Å². The molecule has 2 aromatic carbocycles. The van der Waals surface area contributed by atoms with Crippen molar-refractivity contribution in [2.24, 2.45) is 0 Å². The van der Waals surface area contributed by atoms with Gasteiger partial charge in [0.15, 0.2) is 22.4 Å². The van der Waals surface area contributed by atoms with Crippen LogP contribution in [-0.4, -0.2) is 29.9 Å². The van der Waals surface area contributed by atoms with E-state index < -0.39 is 0 Å². The predicted molar refractivity (Wildman–Crippen MR) is 122 cm³/mol. The monoisotopic (exact) mass is 434 g/mol. The van der Waals surface area contributed by atoms with E-state index in [1.165, 1.54) is 24.3 Å². The molecule has 0 saturated carbocycles. The second-order valence-corrected chi connectivity index (χ2v) is 8.02. The minimum absolute atomic E-state index is 0.120. The maximum atomic E-state index is 12.6. The van der Waals surface area contributed by atoms with Crippen molar-refractivity contribution in [3.8, 4) is 11.5 Å². The molecule has 0 fully saturated rings. The average molecular weight is 435 g/mol. The number of thiazole rings is 1. The second-order valence-electron chi connectivity index (χ2n) is 7.18. The number of amides is 1. The molecule has 31 heavy (non-hydrogen) atoms. The summed E-state index contributed by atoms with van der Waals surface area (Å²) in [5.41, 5.74) is 4.06. The molecule has 0 spiro atoms. The number of ether oxygens (including phenoxy) is 2. The first-order chi connectivity index (χ1) is 14.9. The molecule has 7 heteroatoms. The predicted octanol–water partition coefficient (Wildman–Crippen LogP) is 5.11. The number of aromatic nitrogens is 1. The van der Waals surface area contributed by atoms with Crippen LogP contribution in [0.25, 0.3) is 6.08 Å². The number of benzene rings is 2. The summed E-state index contributed by atoms with van der Waals surface area (Å²) < 4.78 is 11.0. The average Bonchev–Trinajstić information content (AvgIpc) is 3.23. The molecule has 2 heterocycles. The van der Waals surface area contributed by atoms with Crippen LogP contribution in [0, 0.1) is 13.8 Å². The molecule has 0 aliphatic carbocycles. The number of rotatable bonds is 5. The Labute approximate surface area is 184 Å². The van der Waals surface area contributed by atoms with Gasteiger partial charge in [0.1, 0.15) is 13.2 Å². The maximum Gasteiger partial charge on any atom is 0.230 e. The van der Waals surface area contributed by atoms with Crippen molar-refractivity contribution < 1.29 is 19.1 Å². The number of aryl methyl sites for hydroxylation is 1. The molecule has 0 saturated heterocycles. The lowest BCUT2D eigenvalue weighted by Gasteiger charge is -2.21. The Morgan fingerprint density at radius 3 is 2.65 bits per heavy atom. The molecule has 0 atom stereocenters. The smallest absolute Gasteiger partial charge is 0.230 e. The highest BCUT2D eigenvalue weighted by Gasteiger charge is 2.20. The highest BCUT2D eigenvalue weighted by Crippen LogP contribution is 2.33. The van der Waals surface area contributed by atoms with Gasteiger partial charge < -0.3 is 9.47 Å². The fraction of sp³-hybridized carbons (Fsp3) is 0.208. The maximum absolute atomic E-state index is 12.6. The zero-order valence-corrected chi connectivity index (χ0v) is 18.4. The van der Waals surface area contributed by atoms with Gasteiger partial charge in [0, 0.05) is 17.9 Å². The van der Waals surface area contributed by atoms with Crippen LogP contribution < -0.4 is 14.4 Å². The molecule has 4 rings (SSSR count). The summed E-state index contributed by atoms with van der Waals surface area (Å²) in [7, 11) is 0. The van der Waals surface area contributed by atoms with Gasteiger partial charge in [0.05, 0.1) is 11.4 Å². The van der Waals surface area contributed by atoms with Crippen LogP contribution in [0.15, 0.2) is 47.9 Å². The van der Waals surface area contributed by atoms with Gasteiger partial charge in [-0.05, 0) is 61.4 Å². The van der Waals surface area contributed by atoms with Crippen molar-refractivity contribution in [2.75, 3.05) is 18.1 Å². The van der Waals surface area contributed by atoms with Crippen molar-refractivity contribution in [1.29, 1.82) is 0 Å². The largest absolute Gasteiger partial charge is 0.486 e. The van der Waals surface area contributed by atoms with Crippen LogP contribution >= 0.6 is 11.3 Å². The number of carbonyl (C=O) groups excluding carboxylic acids is 2. The standard InChI is InChI=1S/C24H22N2O4S/c1-15-5-4-6-20(16(15)2)26(17(3)27)24-25-19(14-31-24)8-9-21(28)18-7-10-22-23(13-18)30-12-11-29-22/h4-10,13-14H,11-12H2,1-3H3. The molecule has 0 N–H and O–H groups in total. The van der Waals surface area contributed by atoms with Crippen molar-refractivity contribution in [3.63, 3.8) is 0 Å². The minimum Gasteiger partial charge on any atom is -0.486 e. The van der Waals surface area contributed by atoms with Gasteiger partial charge in [0.25, 0.3) is 0 Å². The minimum atomic E-state index is -0.163. The summed E-state index contributed by atoms with van der Waals surface area (Å²) in [5, 5.41) is 2.39. The van der Waals surface area contributed by atoms with Gasteiger partial charge in [-0.15, -0.1) is 11.3 Å². The lowest BCUT2D eigenvalue weighted by Crippen LogP contribution is -2.23. The van der Waals surface area contributed by atoms with E-state index >= 15 is 0 Å². The molecule has 0 bridgehead atoms. The summed E-state index contributed by atoms with van der Waals surface area (Å²) in [6.45, 7) is 6.49. The van der Waals surface area contributed by atoms with Crippen LogP contribution in [-0.2, 0) is 4.79 Å². The lowest BCUT2D eigenvalue weighted by molar-refractivity contribution is -0.115. The molecule has 1 aliphatic heterocycles. The molecule has 0 radical (unpaired) electrons. The van der Waals surface area contributed by atoms with E-state index in [1.807, 2.05) is 37.4 Å². The summed E-state index contributed by atoms with van der Waals surface area (Å²) >= 11 is 1.36. The highest BCUT2D eigenvalue weighted by molar-refractivity contribution is 7.14. The quantitative estimate of drug-likeness (QED) is 0.412. The summed E-state index contributed by atoms with van der Waals surface area (Å²) in [5.74, 6) is 0.939. The molecule has 3 aromatic rings. The third-order valence-corrected chi connectivity index (χ3v) is 5.91. The Hall–Kier alpha value is -3.45. The number of fused-ring (bicyclic) bond motifs is 1. The van der Waals surface area contributed by atoms with Gasteiger partial charge in [-0.25, -0.2) is 4.98 Å². The molecular formula is C24H22N2O4S. The van der Waals surface area contributed by atoms with Crippen LogP contribution in [0.3, 0.4) is 0 Å². The van der Waals surface area contributed by atoms with Crippen LogP contribution in [0.5, 0.6) is 11.5 Å². The highest BCUT2D eigenvalue weighted by atomic mass is 32.1. The molecule has 0 unspecified atom stereocenters. The number of nitrogens with zero attached hydrogens (tertiary/aromatic N) is 2. The van der Waals surface area contributed by atoms with Gasteiger partial charge in [0.2, 0.25) is 5.91 Å². The Kier molecular flexibility index (Phi) is 5.86. The van der Waals surface area contributed by atoms with Gasteiger partial charge >= 0.3 is 0 Å². The normalized spacial score (nSPS) is 12.7. The first-order valence-electron chi connectivity index (χ1n) is 9.88. The van der Waals surface area contributed by atoms with E-state index in [4.69, 9.17) is 9.47 Å². The number of allylic oxidation sites excluding steroid dienone is 1. The second kappa shape index (κ2) is 8.73. The third kappa shape index (κ3) is 4.36. The molecule has 1 amide bonds. The zero-order chi connectivity index (χ0) is 22.0. The van der Waals surface area contributed by atoms with Crippen molar-refractivity contribution >= 4 is 39.9 Å². The van der Waals surface area contributed by atoms with Crippen molar-refractivity contribution in [2.45, 2.75) is 20.8 Å². The molecule has 158 valence electrons. The first-order valence-corrected chi connectivity index (χ1v) is 10.8. The van der Waals surface area contributed by atoms with Crippen LogP contribution in [0.1, 0.15) is 34.1 Å². The third-order valence-electron chi connectivity index (χ3n) is 5.07. The zero-order valence-electron chi connectivity index (χ0n) is 17.5. The number of ketones is 1. The van der Waals surface area contributed by atoms with Crippen molar-refractivity contribution in [1.82, 2.24) is 4.98 Å². The Morgan fingerprint density at radius 1 is 1.10 bits per heavy atom. The van der Waals surface area contributed by atoms with Gasteiger partial charge in [-0.3, -0.25) is 14.5 Å². The summed E-state index contributed by atoms with van der Waals surface area (Å²) in [6.07, 6.45) is 3.13. The van der Waals surface area contributed by atoms with Crippen LogP contribution in [0.4, 0.5) is 10.8 Å². The van der Waals surface area contributed by atoms with E-state index in [9.17, 15) is 9.59 Å². The first kappa shape index (κ1) is 20.8. The number of anilines is 2. The number of hydrogen-bond acceptors (Lipinski definition) is 6. The number of hydrogen-bond donors (Lipinski definition) is 0. The van der Waals surface area contributed by atoms with Gasteiger partial charge in [-0.1, -0.05) is 12.1 Å². The van der Waals surface area contributed by atoms with E-state index in [0.29, 0.717) is 41.1 Å². The van der Waals surface area contributed by atoms with E-state index in [0.717, 1.165) is 16.8 Å². The summed E-state index contributed by atoms with van der Waals surface area (Å²) in [6, 6.07) is 11.0. The van der Waals surface area contributed by atoms with Crippen LogP contribution in [0.2, 0.25) is 0 Å². The van der Waals surface area contributed by atoms with Crippen molar-refractivity contribution in [3.05, 3.63) is 70.2 Å². The molecule has 1 aromatic heterocycles. The fourth-order valence-electron chi connectivity index (χ4n) is 3.29. The Bertz CT molecular complexity index is 1180.